The van der Waals surface area contributed by atoms with Gasteiger partial charge in [-0.15, -0.1) is 0 Å². The average Bonchev–Trinajstić information content (AvgIpc) is 2.15. The smallest absolute Gasteiger partial charge is 0.170 e. The van der Waals surface area contributed by atoms with Gasteiger partial charge in [0.15, 0.2) is 5.78 Å². The fraction of sp³-hybridized carbons (Fsp3) is 0.500. The minimum Gasteiger partial charge on any atom is -0.489 e. The molecule has 1 unspecified atom stereocenters. The topological polar surface area (TPSA) is 26.3 Å². The summed E-state index contributed by atoms with van der Waals surface area (Å²) in [6.07, 6.45) is 0.495. The molecule has 2 heteroatoms. The maximum atomic E-state index is 12.0. The summed E-state index contributed by atoms with van der Waals surface area (Å²) in [6.45, 7) is 8.17. The maximum Gasteiger partial charge on any atom is 0.170 e. The van der Waals surface area contributed by atoms with E-state index in [0.717, 1.165) is 22.4 Å². The molecule has 1 atom stereocenters. The molecule has 0 amide bonds. The Morgan fingerprint density at radius 3 is 2.69 bits per heavy atom. The van der Waals surface area contributed by atoms with Gasteiger partial charge < -0.3 is 4.74 Å². The van der Waals surface area contributed by atoms with E-state index in [4.69, 9.17) is 4.74 Å². The second kappa shape index (κ2) is 3.93. The SMILES string of the molecule is Cc1ccc(C(C)C)c2c1C(=O)CC(C)O2. The van der Waals surface area contributed by atoms with Gasteiger partial charge >= 0.3 is 0 Å². The van der Waals surface area contributed by atoms with Gasteiger partial charge in [-0.1, -0.05) is 26.0 Å². The van der Waals surface area contributed by atoms with Crippen molar-refractivity contribution in [2.75, 3.05) is 0 Å². The molecule has 1 aromatic carbocycles. The lowest BCUT2D eigenvalue weighted by Crippen LogP contribution is -2.25. The van der Waals surface area contributed by atoms with E-state index in [1.807, 2.05) is 19.9 Å². The maximum absolute atomic E-state index is 12.0. The lowest BCUT2D eigenvalue weighted by molar-refractivity contribution is 0.0867. The second-order valence-electron chi connectivity index (χ2n) is 4.89. The summed E-state index contributed by atoms with van der Waals surface area (Å²) in [7, 11) is 0. The number of benzene rings is 1. The minimum atomic E-state index is -0.000648. The third-order valence-electron chi connectivity index (χ3n) is 3.09. The molecule has 0 radical (unpaired) electrons. The first-order chi connectivity index (χ1) is 7.50. The Kier molecular flexibility index (Phi) is 2.75. The number of carbonyl (C=O) groups is 1. The van der Waals surface area contributed by atoms with Gasteiger partial charge in [-0.25, -0.2) is 0 Å². The molecule has 1 aliphatic rings. The number of hydrogen-bond acceptors (Lipinski definition) is 2. The summed E-state index contributed by atoms with van der Waals surface area (Å²) in [4.78, 5) is 12.0. The summed E-state index contributed by atoms with van der Waals surface area (Å²) < 4.78 is 5.85. The van der Waals surface area contributed by atoms with E-state index >= 15 is 0 Å². The molecule has 16 heavy (non-hydrogen) atoms. The van der Waals surface area contributed by atoms with Crippen molar-refractivity contribution in [2.24, 2.45) is 0 Å². The molecule has 2 nitrogen and oxygen atoms in total. The molecule has 0 fully saturated rings. The number of carbonyl (C=O) groups excluding carboxylic acids is 1. The van der Waals surface area contributed by atoms with Crippen molar-refractivity contribution in [1.82, 2.24) is 0 Å². The van der Waals surface area contributed by atoms with Crippen molar-refractivity contribution in [3.05, 3.63) is 28.8 Å². The number of rotatable bonds is 1. The number of ketones is 1. The molecular weight excluding hydrogens is 200 g/mol. The number of Topliss-reactive ketones (excluding diaryl/α,β-unsaturated/α-hetero) is 1. The van der Waals surface area contributed by atoms with Crippen LogP contribution < -0.4 is 4.74 Å². The van der Waals surface area contributed by atoms with Crippen LogP contribution in [0.4, 0.5) is 0 Å². The Hall–Kier alpha value is -1.31. The van der Waals surface area contributed by atoms with Crippen LogP contribution in [-0.4, -0.2) is 11.9 Å². The Morgan fingerprint density at radius 1 is 1.38 bits per heavy atom. The van der Waals surface area contributed by atoms with Crippen molar-refractivity contribution in [1.29, 1.82) is 0 Å². The molecule has 1 aliphatic heterocycles. The van der Waals surface area contributed by atoms with Crippen molar-refractivity contribution < 1.29 is 9.53 Å². The summed E-state index contributed by atoms with van der Waals surface area (Å²) >= 11 is 0. The molecule has 0 bridgehead atoms. The van der Waals surface area contributed by atoms with Gasteiger partial charge in [0, 0.05) is 6.42 Å². The zero-order chi connectivity index (χ0) is 11.9. The highest BCUT2D eigenvalue weighted by Gasteiger charge is 2.28. The number of fused-ring (bicyclic) bond motifs is 1. The van der Waals surface area contributed by atoms with Crippen molar-refractivity contribution in [3.63, 3.8) is 0 Å². The van der Waals surface area contributed by atoms with Gasteiger partial charge in [0.25, 0.3) is 0 Å². The summed E-state index contributed by atoms with van der Waals surface area (Å²) in [5.41, 5.74) is 2.96. The zero-order valence-electron chi connectivity index (χ0n) is 10.3. The molecule has 86 valence electrons. The first-order valence-electron chi connectivity index (χ1n) is 5.84. The number of hydrogen-bond donors (Lipinski definition) is 0. The average molecular weight is 218 g/mol. The van der Waals surface area contributed by atoms with Crippen LogP contribution in [0, 0.1) is 6.92 Å². The summed E-state index contributed by atoms with van der Waals surface area (Å²) in [6, 6.07) is 4.09. The van der Waals surface area contributed by atoms with Gasteiger partial charge in [0.2, 0.25) is 0 Å². The third kappa shape index (κ3) is 1.73. The highest BCUT2D eigenvalue weighted by Crippen LogP contribution is 2.37. The number of aryl methyl sites for hydroxylation is 1. The van der Waals surface area contributed by atoms with E-state index in [1.54, 1.807) is 0 Å². The predicted octanol–water partition coefficient (Wildman–Crippen LogP) is 3.47. The van der Waals surface area contributed by atoms with Crippen LogP contribution in [0.3, 0.4) is 0 Å². The standard InChI is InChI=1S/C14H18O2/c1-8(2)11-6-5-9(3)13-12(15)7-10(4)16-14(11)13/h5-6,8,10H,7H2,1-4H3. The Balaban J connectivity index is 2.63. The highest BCUT2D eigenvalue weighted by atomic mass is 16.5. The minimum absolute atomic E-state index is 0.000648. The van der Waals surface area contributed by atoms with Gasteiger partial charge in [-0.2, -0.15) is 0 Å². The van der Waals surface area contributed by atoms with Gasteiger partial charge in [-0.05, 0) is 30.9 Å². The Morgan fingerprint density at radius 2 is 2.06 bits per heavy atom. The molecule has 1 heterocycles. The predicted molar refractivity (Wildman–Crippen MR) is 64.3 cm³/mol. The van der Waals surface area contributed by atoms with Crippen molar-refractivity contribution in [2.45, 2.75) is 46.1 Å². The molecule has 1 aromatic rings. The van der Waals surface area contributed by atoms with Gasteiger partial charge in [0.05, 0.1) is 5.56 Å². The first kappa shape index (κ1) is 11.2. The molecule has 0 aliphatic carbocycles. The summed E-state index contributed by atoms with van der Waals surface area (Å²) in [5, 5.41) is 0. The van der Waals surface area contributed by atoms with Crippen LogP contribution in [0.5, 0.6) is 5.75 Å². The van der Waals surface area contributed by atoms with E-state index in [-0.39, 0.29) is 11.9 Å². The fourth-order valence-corrected chi connectivity index (χ4v) is 2.23. The number of ether oxygens (including phenoxy) is 1. The molecule has 0 saturated carbocycles. The largest absolute Gasteiger partial charge is 0.489 e. The van der Waals surface area contributed by atoms with Crippen LogP contribution in [-0.2, 0) is 0 Å². The Bertz CT molecular complexity index is 433. The van der Waals surface area contributed by atoms with E-state index < -0.39 is 0 Å². The zero-order valence-corrected chi connectivity index (χ0v) is 10.3. The van der Waals surface area contributed by atoms with Gasteiger partial charge in [-0.3, -0.25) is 4.79 Å². The second-order valence-corrected chi connectivity index (χ2v) is 4.89. The third-order valence-corrected chi connectivity index (χ3v) is 3.09. The molecule has 0 spiro atoms. The molecular formula is C14H18O2. The normalized spacial score (nSPS) is 19.6. The highest BCUT2D eigenvalue weighted by molar-refractivity contribution is 6.01. The van der Waals surface area contributed by atoms with E-state index in [0.29, 0.717) is 12.3 Å². The molecule has 2 rings (SSSR count). The lowest BCUT2D eigenvalue weighted by Gasteiger charge is -2.27. The van der Waals surface area contributed by atoms with Crippen molar-refractivity contribution in [3.8, 4) is 5.75 Å². The van der Waals surface area contributed by atoms with Crippen LogP contribution in [0.1, 0.15) is 54.6 Å². The molecule has 0 saturated heterocycles. The van der Waals surface area contributed by atoms with E-state index in [9.17, 15) is 4.79 Å². The van der Waals surface area contributed by atoms with E-state index in [2.05, 4.69) is 19.9 Å². The van der Waals surface area contributed by atoms with Gasteiger partial charge in [0.1, 0.15) is 11.9 Å². The fourth-order valence-electron chi connectivity index (χ4n) is 2.23. The van der Waals surface area contributed by atoms with Crippen LogP contribution in [0.2, 0.25) is 0 Å². The van der Waals surface area contributed by atoms with E-state index in [1.165, 1.54) is 0 Å². The van der Waals surface area contributed by atoms with Crippen molar-refractivity contribution >= 4 is 5.78 Å². The van der Waals surface area contributed by atoms with Crippen LogP contribution >= 0.6 is 0 Å². The first-order valence-corrected chi connectivity index (χ1v) is 5.84. The molecule has 0 N–H and O–H groups in total. The van der Waals surface area contributed by atoms with Crippen LogP contribution in [0.25, 0.3) is 0 Å². The monoisotopic (exact) mass is 218 g/mol. The van der Waals surface area contributed by atoms with Crippen LogP contribution in [0.15, 0.2) is 12.1 Å². The Labute approximate surface area is 96.6 Å². The quantitative estimate of drug-likeness (QED) is 0.721. The summed E-state index contributed by atoms with van der Waals surface area (Å²) in [5.74, 6) is 1.42. The molecule has 0 aromatic heterocycles. The lowest BCUT2D eigenvalue weighted by atomic mass is 9.90.